The Balaban J connectivity index is 1.96. The molecule has 144 valence electrons. The lowest BCUT2D eigenvalue weighted by atomic mass is 10.1. The van der Waals surface area contributed by atoms with Crippen LogP contribution in [0.5, 0.6) is 5.75 Å². The minimum atomic E-state index is -0.864. The molecular formula is C18H10Br2Cl2N2O4. The van der Waals surface area contributed by atoms with Crippen molar-refractivity contribution in [3.8, 4) is 5.75 Å². The van der Waals surface area contributed by atoms with E-state index in [-0.39, 0.29) is 12.2 Å². The molecule has 2 aromatic rings. The first-order valence-corrected chi connectivity index (χ1v) is 10.0. The minimum absolute atomic E-state index is 0.128. The van der Waals surface area contributed by atoms with Crippen LogP contribution in [0.4, 0.5) is 4.79 Å². The zero-order valence-electron chi connectivity index (χ0n) is 13.8. The molecule has 0 radical (unpaired) electrons. The third-order valence-corrected chi connectivity index (χ3v) is 5.30. The number of benzene rings is 2. The van der Waals surface area contributed by atoms with Crippen LogP contribution in [-0.2, 0) is 16.2 Å². The van der Waals surface area contributed by atoms with Gasteiger partial charge in [-0.15, -0.1) is 0 Å². The van der Waals surface area contributed by atoms with Crippen LogP contribution >= 0.6 is 55.1 Å². The Morgan fingerprint density at radius 3 is 2.32 bits per heavy atom. The molecule has 3 rings (SSSR count). The second-order valence-corrected chi connectivity index (χ2v) is 8.24. The van der Waals surface area contributed by atoms with Gasteiger partial charge in [0, 0.05) is 25.6 Å². The van der Waals surface area contributed by atoms with Crippen molar-refractivity contribution in [3.63, 3.8) is 0 Å². The molecule has 1 aliphatic rings. The van der Waals surface area contributed by atoms with E-state index in [0.717, 1.165) is 0 Å². The Kier molecular flexibility index (Phi) is 6.44. The van der Waals surface area contributed by atoms with E-state index in [1.54, 1.807) is 30.3 Å². The quantitative estimate of drug-likeness (QED) is 0.423. The Labute approximate surface area is 186 Å². The molecule has 2 aromatic carbocycles. The Bertz CT molecular complexity index is 1020. The predicted octanol–water partition coefficient (Wildman–Crippen LogP) is 4.85. The van der Waals surface area contributed by atoms with Gasteiger partial charge in [-0.2, -0.15) is 0 Å². The van der Waals surface area contributed by atoms with E-state index in [1.165, 1.54) is 6.08 Å². The van der Waals surface area contributed by atoms with Gasteiger partial charge in [-0.1, -0.05) is 45.2 Å². The molecule has 28 heavy (non-hydrogen) atoms. The number of amides is 4. The monoisotopic (exact) mass is 546 g/mol. The van der Waals surface area contributed by atoms with Gasteiger partial charge in [-0.3, -0.25) is 20.2 Å². The largest absolute Gasteiger partial charge is 0.487 e. The van der Waals surface area contributed by atoms with E-state index in [9.17, 15) is 14.4 Å². The van der Waals surface area contributed by atoms with E-state index in [2.05, 4.69) is 31.9 Å². The molecular weight excluding hydrogens is 539 g/mol. The molecule has 10 heteroatoms. The van der Waals surface area contributed by atoms with E-state index in [0.29, 0.717) is 35.9 Å². The lowest BCUT2D eigenvalue weighted by Crippen LogP contribution is -2.51. The maximum Gasteiger partial charge on any atom is 0.328 e. The SMILES string of the molecule is O=C1NC(=O)C(=Cc2cc(Br)cc(Br)c2OCc2ccc(Cl)cc2Cl)C(=O)N1. The molecule has 4 amide bonds. The zero-order valence-corrected chi connectivity index (χ0v) is 18.5. The van der Waals surface area contributed by atoms with Crippen molar-refractivity contribution in [1.82, 2.24) is 10.6 Å². The molecule has 1 heterocycles. The number of hydrogen-bond donors (Lipinski definition) is 2. The first-order chi connectivity index (χ1) is 13.2. The summed E-state index contributed by atoms with van der Waals surface area (Å²) in [7, 11) is 0. The lowest BCUT2D eigenvalue weighted by molar-refractivity contribution is -0.123. The Morgan fingerprint density at radius 2 is 1.68 bits per heavy atom. The van der Waals surface area contributed by atoms with Gasteiger partial charge in [0.1, 0.15) is 17.9 Å². The summed E-state index contributed by atoms with van der Waals surface area (Å²) in [6.45, 7) is 0.128. The van der Waals surface area contributed by atoms with Gasteiger partial charge in [0.05, 0.1) is 4.47 Å². The number of rotatable bonds is 4. The fourth-order valence-electron chi connectivity index (χ4n) is 2.39. The minimum Gasteiger partial charge on any atom is -0.487 e. The summed E-state index contributed by atoms with van der Waals surface area (Å²) in [5.74, 6) is -1.20. The summed E-state index contributed by atoms with van der Waals surface area (Å²) < 4.78 is 7.17. The standard InChI is InChI=1S/C18H10Br2Cl2N2O4/c19-10-3-9(4-12-16(25)23-18(27)24-17(12)26)15(13(20)5-10)28-7-8-1-2-11(21)6-14(8)22/h1-6H,7H2,(H2,23,24,25,26,27). The Morgan fingerprint density at radius 1 is 1.00 bits per heavy atom. The fraction of sp³-hybridized carbons (Fsp3) is 0.0556. The van der Waals surface area contributed by atoms with Crippen LogP contribution < -0.4 is 15.4 Å². The summed E-state index contributed by atoms with van der Waals surface area (Å²) in [5.41, 5.74) is 0.929. The number of urea groups is 1. The van der Waals surface area contributed by atoms with Crippen LogP contribution in [0.3, 0.4) is 0 Å². The van der Waals surface area contributed by atoms with Crippen molar-refractivity contribution in [2.45, 2.75) is 6.61 Å². The summed E-state index contributed by atoms with van der Waals surface area (Å²) >= 11 is 18.9. The number of carbonyl (C=O) groups excluding carboxylic acids is 3. The van der Waals surface area contributed by atoms with E-state index >= 15 is 0 Å². The molecule has 1 fully saturated rings. The smallest absolute Gasteiger partial charge is 0.328 e. The normalized spacial score (nSPS) is 13.9. The third-order valence-electron chi connectivity index (χ3n) is 3.67. The number of hydrogen-bond acceptors (Lipinski definition) is 4. The predicted molar refractivity (Wildman–Crippen MR) is 112 cm³/mol. The number of halogens is 4. The zero-order chi connectivity index (χ0) is 20.4. The van der Waals surface area contributed by atoms with Gasteiger partial charge < -0.3 is 4.74 Å². The van der Waals surface area contributed by atoms with Crippen LogP contribution in [0, 0.1) is 0 Å². The first kappa shape index (κ1) is 20.9. The molecule has 0 aromatic heterocycles. The van der Waals surface area contributed by atoms with E-state index in [1.807, 2.05) is 10.6 Å². The third kappa shape index (κ3) is 4.75. The van der Waals surface area contributed by atoms with Crippen molar-refractivity contribution in [1.29, 1.82) is 0 Å². The highest BCUT2D eigenvalue weighted by Gasteiger charge is 2.28. The number of ether oxygens (including phenoxy) is 1. The summed E-state index contributed by atoms with van der Waals surface area (Å²) in [6.07, 6.45) is 1.34. The molecule has 0 spiro atoms. The van der Waals surface area contributed by atoms with Crippen molar-refractivity contribution in [3.05, 3.63) is 66.0 Å². The maximum atomic E-state index is 12.0. The highest BCUT2D eigenvalue weighted by atomic mass is 79.9. The van der Waals surface area contributed by atoms with Crippen LogP contribution in [0.25, 0.3) is 6.08 Å². The first-order valence-electron chi connectivity index (χ1n) is 7.68. The van der Waals surface area contributed by atoms with Gasteiger partial charge in [-0.25, -0.2) is 4.79 Å². The number of imide groups is 2. The molecule has 0 unspecified atom stereocenters. The second kappa shape index (κ2) is 8.65. The molecule has 2 N–H and O–H groups in total. The average Bonchev–Trinajstić information content (AvgIpc) is 2.58. The molecule has 0 bridgehead atoms. The van der Waals surface area contributed by atoms with Crippen LogP contribution in [0.1, 0.15) is 11.1 Å². The van der Waals surface area contributed by atoms with Crippen LogP contribution in [0.15, 0.2) is 44.9 Å². The molecule has 0 atom stereocenters. The lowest BCUT2D eigenvalue weighted by Gasteiger charge is -2.16. The van der Waals surface area contributed by atoms with Gasteiger partial charge in [0.15, 0.2) is 0 Å². The number of nitrogens with one attached hydrogen (secondary N) is 2. The highest BCUT2D eigenvalue weighted by Crippen LogP contribution is 2.35. The van der Waals surface area contributed by atoms with Crippen molar-refractivity contribution in [2.75, 3.05) is 0 Å². The van der Waals surface area contributed by atoms with Crippen molar-refractivity contribution < 1.29 is 19.1 Å². The highest BCUT2D eigenvalue weighted by molar-refractivity contribution is 9.11. The summed E-state index contributed by atoms with van der Waals surface area (Å²) in [5, 5.41) is 5.01. The van der Waals surface area contributed by atoms with E-state index in [4.69, 9.17) is 27.9 Å². The molecule has 0 saturated carbocycles. The maximum absolute atomic E-state index is 12.0. The number of carbonyl (C=O) groups is 3. The van der Waals surface area contributed by atoms with Crippen LogP contribution in [0.2, 0.25) is 10.0 Å². The topological polar surface area (TPSA) is 84.5 Å². The molecule has 6 nitrogen and oxygen atoms in total. The van der Waals surface area contributed by atoms with Gasteiger partial charge >= 0.3 is 6.03 Å². The fourth-order valence-corrected chi connectivity index (χ4v) is 4.23. The molecule has 1 aliphatic heterocycles. The summed E-state index contributed by atoms with van der Waals surface area (Å²) in [6, 6.07) is 7.60. The molecule has 0 aliphatic carbocycles. The Hall–Kier alpha value is -1.87. The molecule has 1 saturated heterocycles. The van der Waals surface area contributed by atoms with Crippen molar-refractivity contribution in [2.24, 2.45) is 0 Å². The van der Waals surface area contributed by atoms with Gasteiger partial charge in [-0.05, 0) is 46.3 Å². The average molecular weight is 549 g/mol. The second-order valence-electron chi connectivity index (χ2n) is 5.63. The van der Waals surface area contributed by atoms with Gasteiger partial charge in [0.2, 0.25) is 0 Å². The van der Waals surface area contributed by atoms with Gasteiger partial charge in [0.25, 0.3) is 11.8 Å². The summed E-state index contributed by atoms with van der Waals surface area (Å²) in [4.78, 5) is 35.2. The van der Waals surface area contributed by atoms with Crippen LogP contribution in [-0.4, -0.2) is 17.8 Å². The van der Waals surface area contributed by atoms with Crippen molar-refractivity contribution >= 4 is 79.0 Å². The number of barbiturate groups is 1. The van der Waals surface area contributed by atoms with E-state index < -0.39 is 17.8 Å².